The summed E-state index contributed by atoms with van der Waals surface area (Å²) in [5, 5.41) is 0. The van der Waals surface area contributed by atoms with Gasteiger partial charge >= 0.3 is 23.3 Å². The summed E-state index contributed by atoms with van der Waals surface area (Å²) in [6.07, 6.45) is 14.6. The van der Waals surface area contributed by atoms with Crippen molar-refractivity contribution in [2.24, 2.45) is 0 Å². The Balaban J connectivity index is 3.26. The lowest BCUT2D eigenvalue weighted by Crippen LogP contribution is -2.11. The normalized spacial score (nSPS) is 11.9. The number of hydrogen-bond donors (Lipinski definition) is 1. The molecule has 6 nitrogen and oxygen atoms in total. The molecule has 0 aromatic rings. The number of rotatable bonds is 17. The minimum Gasteiger partial charge on any atom is -0.466 e. The number of ether oxygens (including phenoxy) is 1. The van der Waals surface area contributed by atoms with E-state index in [1.807, 2.05) is 0 Å². The molecule has 0 saturated carbocycles. The summed E-state index contributed by atoms with van der Waals surface area (Å²) in [5.74, 6) is -1.37. The maximum Gasteiger partial charge on any atom is 0.360 e. The van der Waals surface area contributed by atoms with Gasteiger partial charge in [-0.1, -0.05) is 77.6 Å². The quantitative estimate of drug-likeness (QED) is 0.224. The van der Waals surface area contributed by atoms with Gasteiger partial charge < -0.3 is 8.92 Å². The van der Waals surface area contributed by atoms with Gasteiger partial charge in [0.15, 0.2) is 0 Å². The first-order chi connectivity index (χ1) is 12.1. The Morgan fingerprint density at radius 2 is 1.20 bits per heavy atom. The van der Waals surface area contributed by atoms with E-state index >= 15 is 0 Å². The molecule has 1 unspecified atom stereocenters. The molecular weight excluding hydrogens is 344 g/mol. The Labute approximate surface area is 154 Å². The molecule has 0 heterocycles. The zero-order valence-electron chi connectivity index (χ0n) is 15.5. The van der Waals surface area contributed by atoms with E-state index in [4.69, 9.17) is 9.29 Å². The van der Waals surface area contributed by atoms with Crippen LogP contribution in [0, 0.1) is 0 Å². The zero-order chi connectivity index (χ0) is 18.8. The summed E-state index contributed by atoms with van der Waals surface area (Å²) in [5.41, 5.74) is 0. The number of carbonyl (C=O) groups excluding carboxylic acids is 2. The lowest BCUT2D eigenvalue weighted by molar-refractivity contribution is -0.147. The molecule has 0 aliphatic rings. The predicted molar refractivity (Wildman–Crippen MR) is 98.1 cm³/mol. The van der Waals surface area contributed by atoms with Crippen molar-refractivity contribution in [1.82, 2.24) is 0 Å². The van der Waals surface area contributed by atoms with Crippen molar-refractivity contribution in [2.45, 2.75) is 96.8 Å². The standard InChI is InChI=1S/C18H34O6S/c1-2-3-4-5-6-7-8-9-10-11-12-13-16-23-17(19)14-15-18(20)24-25(21)22/h2-16H2,1H3,(H,21,22). The Morgan fingerprint density at radius 3 is 1.68 bits per heavy atom. The molecule has 0 aliphatic heterocycles. The van der Waals surface area contributed by atoms with Crippen LogP contribution in [0.5, 0.6) is 0 Å². The number of unbranched alkanes of at least 4 members (excludes halogenated alkanes) is 11. The van der Waals surface area contributed by atoms with Crippen molar-refractivity contribution in [3.05, 3.63) is 0 Å². The first-order valence-electron chi connectivity index (χ1n) is 9.54. The van der Waals surface area contributed by atoms with Gasteiger partial charge in [-0.25, -0.2) is 0 Å². The summed E-state index contributed by atoms with van der Waals surface area (Å²) in [6, 6.07) is 0. The Bertz CT molecular complexity index is 373. The second-order valence-electron chi connectivity index (χ2n) is 6.28. The van der Waals surface area contributed by atoms with Crippen LogP contribution in [-0.4, -0.2) is 27.3 Å². The summed E-state index contributed by atoms with van der Waals surface area (Å²) < 4.78 is 27.6. The Hall–Kier alpha value is -0.950. The second kappa shape index (κ2) is 17.9. The van der Waals surface area contributed by atoms with E-state index in [-0.39, 0.29) is 12.8 Å². The van der Waals surface area contributed by atoms with E-state index in [0.717, 1.165) is 19.3 Å². The lowest BCUT2D eigenvalue weighted by Gasteiger charge is -2.05. The molecule has 0 bridgehead atoms. The van der Waals surface area contributed by atoms with Gasteiger partial charge in [-0.2, -0.15) is 4.21 Å². The molecular formula is C18H34O6S. The average molecular weight is 379 g/mol. The number of hydrogen-bond acceptors (Lipinski definition) is 5. The molecule has 0 rings (SSSR count). The van der Waals surface area contributed by atoms with Crippen molar-refractivity contribution < 1.29 is 27.3 Å². The van der Waals surface area contributed by atoms with Crippen molar-refractivity contribution >= 4 is 23.3 Å². The van der Waals surface area contributed by atoms with E-state index in [2.05, 4.69) is 11.1 Å². The predicted octanol–water partition coefficient (Wildman–Crippen LogP) is 4.69. The summed E-state index contributed by atoms with van der Waals surface area (Å²) in [7, 11) is 0. The van der Waals surface area contributed by atoms with Gasteiger partial charge in [0, 0.05) is 0 Å². The third-order valence-corrected chi connectivity index (χ3v) is 4.29. The summed E-state index contributed by atoms with van der Waals surface area (Å²) in [6.45, 7) is 2.59. The summed E-state index contributed by atoms with van der Waals surface area (Å²) >= 11 is -2.63. The van der Waals surface area contributed by atoms with Crippen LogP contribution in [0.4, 0.5) is 0 Å². The van der Waals surface area contributed by atoms with Crippen LogP contribution in [0.1, 0.15) is 96.8 Å². The minimum atomic E-state index is -2.63. The van der Waals surface area contributed by atoms with Gasteiger partial charge in [-0.15, -0.1) is 0 Å². The van der Waals surface area contributed by atoms with E-state index in [9.17, 15) is 13.8 Å². The van der Waals surface area contributed by atoms with E-state index in [1.54, 1.807) is 0 Å². The fraction of sp³-hybridized carbons (Fsp3) is 0.889. The van der Waals surface area contributed by atoms with Gasteiger partial charge in [0.2, 0.25) is 0 Å². The zero-order valence-corrected chi connectivity index (χ0v) is 16.3. The van der Waals surface area contributed by atoms with Gasteiger partial charge in [0.25, 0.3) is 0 Å². The third kappa shape index (κ3) is 19.2. The van der Waals surface area contributed by atoms with Crippen molar-refractivity contribution in [1.29, 1.82) is 0 Å². The van der Waals surface area contributed by atoms with Gasteiger partial charge in [-0.3, -0.25) is 14.1 Å². The van der Waals surface area contributed by atoms with Crippen LogP contribution in [0.3, 0.4) is 0 Å². The van der Waals surface area contributed by atoms with Crippen LogP contribution in [0.15, 0.2) is 0 Å². The lowest BCUT2D eigenvalue weighted by atomic mass is 10.1. The molecule has 0 fully saturated rings. The molecule has 0 amide bonds. The van der Waals surface area contributed by atoms with E-state index in [0.29, 0.717) is 6.61 Å². The molecule has 148 valence electrons. The molecule has 1 atom stereocenters. The number of carbonyl (C=O) groups is 2. The van der Waals surface area contributed by atoms with Crippen molar-refractivity contribution in [2.75, 3.05) is 6.61 Å². The Morgan fingerprint density at radius 1 is 0.760 bits per heavy atom. The first kappa shape index (κ1) is 24.1. The highest BCUT2D eigenvalue weighted by Gasteiger charge is 2.11. The highest BCUT2D eigenvalue weighted by Crippen LogP contribution is 2.12. The molecule has 7 heteroatoms. The largest absolute Gasteiger partial charge is 0.466 e. The second-order valence-corrected chi connectivity index (χ2v) is 6.88. The fourth-order valence-electron chi connectivity index (χ4n) is 2.53. The molecule has 0 aromatic carbocycles. The van der Waals surface area contributed by atoms with E-state index in [1.165, 1.54) is 57.8 Å². The van der Waals surface area contributed by atoms with Gasteiger partial charge in [0.1, 0.15) is 0 Å². The molecule has 25 heavy (non-hydrogen) atoms. The topological polar surface area (TPSA) is 89.9 Å². The molecule has 0 radical (unpaired) electrons. The van der Waals surface area contributed by atoms with Crippen LogP contribution >= 0.6 is 0 Å². The van der Waals surface area contributed by atoms with Crippen LogP contribution in [-0.2, 0) is 29.9 Å². The van der Waals surface area contributed by atoms with Crippen LogP contribution in [0.25, 0.3) is 0 Å². The van der Waals surface area contributed by atoms with Gasteiger partial charge in [-0.05, 0) is 6.42 Å². The molecule has 1 N–H and O–H groups in total. The maximum atomic E-state index is 11.4. The van der Waals surface area contributed by atoms with Crippen molar-refractivity contribution in [3.8, 4) is 0 Å². The Kier molecular flexibility index (Phi) is 17.2. The maximum absolute atomic E-state index is 11.4. The SMILES string of the molecule is CCCCCCCCCCCCCCOC(=O)CCC(=O)OS(=O)O. The molecule has 0 saturated heterocycles. The van der Waals surface area contributed by atoms with Crippen LogP contribution in [0.2, 0.25) is 0 Å². The molecule has 0 aliphatic carbocycles. The molecule has 0 spiro atoms. The van der Waals surface area contributed by atoms with Crippen LogP contribution < -0.4 is 0 Å². The highest BCUT2D eigenvalue weighted by atomic mass is 32.2. The fourth-order valence-corrected chi connectivity index (χ4v) is 2.77. The molecule has 0 aromatic heterocycles. The van der Waals surface area contributed by atoms with Gasteiger partial charge in [0.05, 0.1) is 19.4 Å². The average Bonchev–Trinajstić information content (AvgIpc) is 2.56. The summed E-state index contributed by atoms with van der Waals surface area (Å²) in [4.78, 5) is 22.3. The first-order valence-corrected chi connectivity index (χ1v) is 10.6. The monoisotopic (exact) mass is 378 g/mol. The third-order valence-electron chi connectivity index (χ3n) is 3.96. The van der Waals surface area contributed by atoms with Crippen molar-refractivity contribution in [3.63, 3.8) is 0 Å². The number of esters is 1. The highest BCUT2D eigenvalue weighted by molar-refractivity contribution is 7.74. The minimum absolute atomic E-state index is 0.131. The smallest absolute Gasteiger partial charge is 0.360 e. The van der Waals surface area contributed by atoms with E-state index < -0.39 is 23.3 Å².